The van der Waals surface area contributed by atoms with Gasteiger partial charge in [-0.15, -0.1) is 0 Å². The summed E-state index contributed by atoms with van der Waals surface area (Å²) in [7, 11) is -1.04. The summed E-state index contributed by atoms with van der Waals surface area (Å²) in [5.41, 5.74) is 0. The molecule has 8 heavy (non-hydrogen) atoms. The molecule has 0 saturated carbocycles. The van der Waals surface area contributed by atoms with Crippen LogP contribution in [0.25, 0.3) is 0 Å². The van der Waals surface area contributed by atoms with Crippen LogP contribution in [0.1, 0.15) is 0 Å². The van der Waals surface area contributed by atoms with Gasteiger partial charge in [-0.1, -0.05) is 0 Å². The number of rotatable bonds is 3. The first-order valence-corrected chi connectivity index (χ1v) is 3.47. The molecule has 0 saturated heterocycles. The SMILES string of the molecule is COP(=O)(C=O)OC. The summed E-state index contributed by atoms with van der Waals surface area (Å²) in [6.07, 6.45) is 0. The Balaban J connectivity index is 3.99. The molecule has 0 rings (SSSR count). The second kappa shape index (κ2) is 2.97. The molecule has 0 aliphatic carbocycles. The molecule has 5 heteroatoms. The molecule has 0 radical (unpaired) electrons. The molecule has 0 aromatic carbocycles. The van der Waals surface area contributed by atoms with Crippen molar-refractivity contribution in [1.29, 1.82) is 0 Å². The largest absolute Gasteiger partial charge is 0.392 e. The summed E-state index contributed by atoms with van der Waals surface area (Å²) in [6, 6.07) is 0.160. The lowest BCUT2D eigenvalue weighted by Gasteiger charge is -2.02. The van der Waals surface area contributed by atoms with E-state index in [1.54, 1.807) is 0 Å². The van der Waals surface area contributed by atoms with E-state index >= 15 is 0 Å². The van der Waals surface area contributed by atoms with Gasteiger partial charge < -0.3 is 9.05 Å². The van der Waals surface area contributed by atoms with E-state index in [1.807, 2.05) is 0 Å². The van der Waals surface area contributed by atoms with Crippen LogP contribution in [0.5, 0.6) is 0 Å². The van der Waals surface area contributed by atoms with Crippen molar-refractivity contribution in [2.24, 2.45) is 0 Å². The second-order valence-corrected chi connectivity index (χ2v) is 3.03. The molecular weight excluding hydrogens is 131 g/mol. The van der Waals surface area contributed by atoms with Crippen LogP contribution < -0.4 is 0 Å². The van der Waals surface area contributed by atoms with Crippen LogP contribution in [-0.2, 0) is 18.4 Å². The van der Waals surface area contributed by atoms with Gasteiger partial charge in [0.05, 0.1) is 0 Å². The molecule has 0 spiro atoms. The van der Waals surface area contributed by atoms with E-state index in [4.69, 9.17) is 0 Å². The lowest BCUT2D eigenvalue weighted by molar-refractivity contribution is 0.288. The van der Waals surface area contributed by atoms with Crippen LogP contribution in [0.15, 0.2) is 0 Å². The normalized spacial score (nSPS) is 11.2. The Morgan fingerprint density at radius 3 is 1.75 bits per heavy atom. The van der Waals surface area contributed by atoms with Gasteiger partial charge in [0.25, 0.3) is 0 Å². The zero-order valence-corrected chi connectivity index (χ0v) is 5.55. The molecule has 0 aromatic rings. The highest BCUT2D eigenvalue weighted by molar-refractivity contribution is 7.69. The maximum absolute atomic E-state index is 10.5. The third-order valence-corrected chi connectivity index (χ3v) is 1.91. The average Bonchev–Trinajstić information content (AvgIpc) is 1.87. The van der Waals surface area contributed by atoms with Gasteiger partial charge in [0.2, 0.25) is 6.03 Å². The minimum Gasteiger partial charge on any atom is -0.307 e. The van der Waals surface area contributed by atoms with E-state index in [-0.39, 0.29) is 6.03 Å². The van der Waals surface area contributed by atoms with Gasteiger partial charge in [-0.25, -0.2) is 0 Å². The van der Waals surface area contributed by atoms with Crippen molar-refractivity contribution in [3.8, 4) is 0 Å². The van der Waals surface area contributed by atoms with E-state index in [2.05, 4.69) is 9.05 Å². The Morgan fingerprint density at radius 1 is 1.38 bits per heavy atom. The van der Waals surface area contributed by atoms with Gasteiger partial charge in [-0.05, 0) is 0 Å². The van der Waals surface area contributed by atoms with E-state index in [9.17, 15) is 9.36 Å². The zero-order valence-electron chi connectivity index (χ0n) is 4.66. The molecule has 0 bridgehead atoms. The molecule has 0 heterocycles. The van der Waals surface area contributed by atoms with Crippen LogP contribution >= 0.6 is 7.60 Å². The molecule has 48 valence electrons. The fourth-order valence-corrected chi connectivity index (χ4v) is 0.482. The fourth-order valence-electron chi connectivity index (χ4n) is 0.161. The van der Waals surface area contributed by atoms with Crippen molar-refractivity contribution >= 4 is 13.6 Å². The van der Waals surface area contributed by atoms with E-state index in [1.165, 1.54) is 0 Å². The van der Waals surface area contributed by atoms with Gasteiger partial charge in [0.1, 0.15) is 0 Å². The van der Waals surface area contributed by atoms with Crippen LogP contribution in [0.4, 0.5) is 0 Å². The molecule has 0 N–H and O–H groups in total. The lowest BCUT2D eigenvalue weighted by atomic mass is 11.8. The highest BCUT2D eigenvalue weighted by Gasteiger charge is 2.17. The van der Waals surface area contributed by atoms with Crippen molar-refractivity contribution in [2.45, 2.75) is 0 Å². The van der Waals surface area contributed by atoms with Crippen molar-refractivity contribution in [2.75, 3.05) is 14.2 Å². The van der Waals surface area contributed by atoms with Crippen molar-refractivity contribution in [1.82, 2.24) is 0 Å². The molecule has 4 nitrogen and oxygen atoms in total. The number of carbonyl (C=O) groups is 1. The van der Waals surface area contributed by atoms with Crippen LogP contribution in [0.2, 0.25) is 0 Å². The molecule has 0 atom stereocenters. The van der Waals surface area contributed by atoms with E-state index in [0.717, 1.165) is 14.2 Å². The Kier molecular flexibility index (Phi) is 2.90. The number of carbonyl (C=O) groups excluding carboxylic acids is 1. The van der Waals surface area contributed by atoms with Crippen LogP contribution in [0, 0.1) is 0 Å². The van der Waals surface area contributed by atoms with Gasteiger partial charge in [-0.2, -0.15) is 0 Å². The summed E-state index contributed by atoms with van der Waals surface area (Å²) >= 11 is 0. The third kappa shape index (κ3) is 1.74. The maximum Gasteiger partial charge on any atom is 0.392 e. The smallest absolute Gasteiger partial charge is 0.307 e. The quantitative estimate of drug-likeness (QED) is 0.424. The minimum absolute atomic E-state index is 0.160. The Bertz CT molecular complexity index is 112. The molecule has 0 amide bonds. The first-order chi connectivity index (χ1) is 3.68. The first-order valence-electron chi connectivity index (χ1n) is 1.86. The number of hydrogen-bond acceptors (Lipinski definition) is 4. The summed E-state index contributed by atoms with van der Waals surface area (Å²) in [5, 5.41) is 0. The summed E-state index contributed by atoms with van der Waals surface area (Å²) in [4.78, 5) is 9.78. The predicted octanol–water partition coefficient (Wildman–Crippen LogP) is 0.662. The molecule has 0 aliphatic heterocycles. The van der Waals surface area contributed by atoms with Gasteiger partial charge in [0.15, 0.2) is 0 Å². The highest BCUT2D eigenvalue weighted by atomic mass is 31.2. The Morgan fingerprint density at radius 2 is 1.75 bits per heavy atom. The summed E-state index contributed by atoms with van der Waals surface area (Å²) in [6.45, 7) is 0. The van der Waals surface area contributed by atoms with Gasteiger partial charge in [0, 0.05) is 14.2 Å². The number of hydrogen-bond donors (Lipinski definition) is 0. The van der Waals surface area contributed by atoms with Gasteiger partial charge in [-0.3, -0.25) is 9.36 Å². The standard InChI is InChI=1S/C3H7O4P/c1-6-8(5,3-4)7-2/h3H,1-2H3. The summed E-state index contributed by atoms with van der Waals surface area (Å²) < 4.78 is 18.9. The molecule has 0 aromatic heterocycles. The Labute approximate surface area is 47.3 Å². The zero-order chi connectivity index (χ0) is 6.62. The fraction of sp³-hybridized carbons (Fsp3) is 0.667. The third-order valence-electron chi connectivity index (χ3n) is 0.638. The van der Waals surface area contributed by atoms with E-state index in [0.29, 0.717) is 0 Å². The van der Waals surface area contributed by atoms with Crippen LogP contribution in [-0.4, -0.2) is 20.2 Å². The van der Waals surface area contributed by atoms with Crippen molar-refractivity contribution < 1.29 is 18.4 Å². The topological polar surface area (TPSA) is 52.6 Å². The van der Waals surface area contributed by atoms with Crippen molar-refractivity contribution in [3.05, 3.63) is 0 Å². The average molecular weight is 138 g/mol. The first kappa shape index (κ1) is 7.82. The molecule has 0 fully saturated rings. The van der Waals surface area contributed by atoms with E-state index < -0.39 is 7.60 Å². The van der Waals surface area contributed by atoms with Crippen LogP contribution in [0.3, 0.4) is 0 Å². The molecule has 0 unspecified atom stereocenters. The monoisotopic (exact) mass is 138 g/mol. The Hall–Kier alpha value is -0.180. The minimum atomic E-state index is -3.34. The second-order valence-electron chi connectivity index (χ2n) is 1.01. The summed E-state index contributed by atoms with van der Waals surface area (Å²) in [5.74, 6) is 0. The molecular formula is C3H7O4P. The predicted molar refractivity (Wildman–Crippen MR) is 28.4 cm³/mol. The molecule has 0 aliphatic rings. The highest BCUT2D eigenvalue weighted by Crippen LogP contribution is 2.42. The van der Waals surface area contributed by atoms with Gasteiger partial charge >= 0.3 is 7.60 Å². The van der Waals surface area contributed by atoms with Crippen molar-refractivity contribution in [3.63, 3.8) is 0 Å². The lowest BCUT2D eigenvalue weighted by Crippen LogP contribution is -1.86. The maximum atomic E-state index is 10.5.